The molecule has 0 radical (unpaired) electrons. The summed E-state index contributed by atoms with van der Waals surface area (Å²) in [5, 5.41) is 8.93. The fraction of sp³-hybridized carbons (Fsp3) is 0.923. The number of carboxylic acid groups (broad SMARTS) is 1. The number of carboxylic acids is 1. The van der Waals surface area contributed by atoms with Crippen LogP contribution in [0.15, 0.2) is 0 Å². The summed E-state index contributed by atoms with van der Waals surface area (Å²) in [6.07, 6.45) is 2.68. The lowest BCUT2D eigenvalue weighted by molar-refractivity contribution is -0.141. The third-order valence-electron chi connectivity index (χ3n) is 3.68. The van der Waals surface area contributed by atoms with Gasteiger partial charge in [-0.25, -0.2) is 0 Å². The summed E-state index contributed by atoms with van der Waals surface area (Å²) in [7, 11) is 0. The molecule has 4 heteroatoms. The Morgan fingerprint density at radius 3 is 2.59 bits per heavy atom. The number of rotatable bonds is 4. The lowest BCUT2D eigenvalue weighted by Crippen LogP contribution is -2.53. The number of nitrogens with zero attached hydrogens (tertiary/aromatic N) is 1. The average molecular weight is 241 g/mol. The highest BCUT2D eigenvalue weighted by molar-refractivity contribution is 5.68. The molecule has 0 bridgehead atoms. The molecule has 1 N–H and O–H groups in total. The summed E-state index contributed by atoms with van der Waals surface area (Å²) < 4.78 is 5.86. The first-order valence-electron chi connectivity index (χ1n) is 6.42. The number of ether oxygens (including phenoxy) is 1. The molecule has 1 heterocycles. The van der Waals surface area contributed by atoms with Crippen LogP contribution < -0.4 is 0 Å². The van der Waals surface area contributed by atoms with E-state index < -0.39 is 5.97 Å². The third kappa shape index (κ3) is 3.42. The molecule has 1 saturated carbocycles. The van der Waals surface area contributed by atoms with Gasteiger partial charge in [0.1, 0.15) is 0 Å². The molecule has 0 amide bonds. The van der Waals surface area contributed by atoms with E-state index in [2.05, 4.69) is 25.7 Å². The molecule has 2 aliphatic rings. The van der Waals surface area contributed by atoms with Crippen LogP contribution in [0.5, 0.6) is 0 Å². The summed E-state index contributed by atoms with van der Waals surface area (Å²) in [6, 6.07) is 0. The zero-order valence-electron chi connectivity index (χ0n) is 11.0. The van der Waals surface area contributed by atoms with Crippen molar-refractivity contribution in [2.45, 2.75) is 51.7 Å². The van der Waals surface area contributed by atoms with Crippen LogP contribution in [-0.4, -0.2) is 47.3 Å². The van der Waals surface area contributed by atoms with Crippen molar-refractivity contribution in [1.82, 2.24) is 4.90 Å². The molecule has 1 saturated heterocycles. The molecular weight excluding hydrogens is 218 g/mol. The van der Waals surface area contributed by atoms with Gasteiger partial charge in [-0.2, -0.15) is 0 Å². The molecule has 1 aliphatic carbocycles. The third-order valence-corrected chi connectivity index (χ3v) is 3.68. The Labute approximate surface area is 103 Å². The first kappa shape index (κ1) is 12.8. The molecule has 0 aromatic heterocycles. The predicted molar refractivity (Wildman–Crippen MR) is 65.0 cm³/mol. The topological polar surface area (TPSA) is 49.8 Å². The maximum Gasteiger partial charge on any atom is 0.303 e. The molecule has 4 nitrogen and oxygen atoms in total. The van der Waals surface area contributed by atoms with Gasteiger partial charge in [0.25, 0.3) is 0 Å². The van der Waals surface area contributed by atoms with Gasteiger partial charge in [0.15, 0.2) is 0 Å². The van der Waals surface area contributed by atoms with Gasteiger partial charge in [-0.1, -0.05) is 0 Å². The van der Waals surface area contributed by atoms with Gasteiger partial charge >= 0.3 is 5.97 Å². The maximum absolute atomic E-state index is 10.8. The van der Waals surface area contributed by atoms with Crippen molar-refractivity contribution < 1.29 is 14.6 Å². The molecule has 1 unspecified atom stereocenters. The largest absolute Gasteiger partial charge is 0.481 e. The Bertz CT molecular complexity index is 310. The van der Waals surface area contributed by atoms with E-state index in [1.165, 1.54) is 0 Å². The number of aliphatic carboxylic acids is 1. The van der Waals surface area contributed by atoms with Crippen LogP contribution in [0, 0.1) is 5.41 Å². The Balaban J connectivity index is 1.92. The van der Waals surface area contributed by atoms with Crippen molar-refractivity contribution in [2.75, 3.05) is 19.6 Å². The van der Waals surface area contributed by atoms with Gasteiger partial charge in [-0.3, -0.25) is 9.69 Å². The summed E-state index contributed by atoms with van der Waals surface area (Å²) in [4.78, 5) is 13.2. The maximum atomic E-state index is 10.8. The van der Waals surface area contributed by atoms with E-state index in [0.29, 0.717) is 6.42 Å². The first-order valence-corrected chi connectivity index (χ1v) is 6.42. The zero-order valence-corrected chi connectivity index (χ0v) is 11.0. The van der Waals surface area contributed by atoms with E-state index in [0.717, 1.165) is 32.5 Å². The summed E-state index contributed by atoms with van der Waals surface area (Å²) in [5.74, 6) is -0.664. The minimum atomic E-state index is -0.664. The van der Waals surface area contributed by atoms with Gasteiger partial charge < -0.3 is 9.84 Å². The Morgan fingerprint density at radius 1 is 1.47 bits per heavy atom. The fourth-order valence-corrected chi connectivity index (χ4v) is 3.07. The van der Waals surface area contributed by atoms with Crippen LogP contribution >= 0.6 is 0 Å². The molecule has 1 atom stereocenters. The predicted octanol–water partition coefficient (Wildman–Crippen LogP) is 1.74. The molecule has 0 aromatic rings. The van der Waals surface area contributed by atoms with Crippen molar-refractivity contribution in [2.24, 2.45) is 5.41 Å². The Kier molecular flexibility index (Phi) is 3.21. The molecular formula is C13H23NO3. The first-order chi connectivity index (χ1) is 7.80. The van der Waals surface area contributed by atoms with Crippen molar-refractivity contribution in [3.05, 3.63) is 0 Å². The number of hydrogen-bond donors (Lipinski definition) is 1. The Morgan fingerprint density at radius 2 is 2.12 bits per heavy atom. The highest BCUT2D eigenvalue weighted by Crippen LogP contribution is 2.49. The summed E-state index contributed by atoms with van der Waals surface area (Å²) in [5.41, 5.74) is -0.0596. The minimum Gasteiger partial charge on any atom is -0.481 e. The molecule has 1 aliphatic heterocycles. The van der Waals surface area contributed by atoms with Crippen LogP contribution in [0.2, 0.25) is 0 Å². The Hall–Kier alpha value is -0.610. The minimum absolute atomic E-state index is 0.0545. The van der Waals surface area contributed by atoms with Crippen LogP contribution in [0.3, 0.4) is 0 Å². The monoisotopic (exact) mass is 241 g/mol. The van der Waals surface area contributed by atoms with Crippen molar-refractivity contribution in [3.8, 4) is 0 Å². The van der Waals surface area contributed by atoms with Crippen molar-refractivity contribution >= 4 is 5.97 Å². The zero-order chi connectivity index (χ0) is 12.7. The van der Waals surface area contributed by atoms with Crippen LogP contribution in [-0.2, 0) is 9.53 Å². The van der Waals surface area contributed by atoms with Gasteiger partial charge in [-0.15, -0.1) is 0 Å². The summed E-state index contributed by atoms with van der Waals surface area (Å²) in [6.45, 7) is 9.03. The quantitative estimate of drug-likeness (QED) is 0.814. The number of carbonyl (C=O) groups is 1. The fourth-order valence-electron chi connectivity index (χ4n) is 3.07. The molecule has 2 rings (SSSR count). The second-order valence-corrected chi connectivity index (χ2v) is 6.43. The van der Waals surface area contributed by atoms with Gasteiger partial charge in [0.05, 0.1) is 18.1 Å². The summed E-state index contributed by atoms with van der Waals surface area (Å²) >= 11 is 0. The van der Waals surface area contributed by atoms with Crippen LogP contribution in [0.4, 0.5) is 0 Å². The van der Waals surface area contributed by atoms with Crippen LogP contribution in [0.25, 0.3) is 0 Å². The van der Waals surface area contributed by atoms with Gasteiger partial charge in [0, 0.05) is 19.6 Å². The van der Waals surface area contributed by atoms with E-state index in [-0.39, 0.29) is 17.1 Å². The van der Waals surface area contributed by atoms with Crippen LogP contribution in [0.1, 0.15) is 40.0 Å². The molecule has 2 fully saturated rings. The standard InChI is InChI=1S/C13H23NO3/c1-10-7-14(8-12(2,3)17-10)9-13(4-5-13)6-11(15)16/h10H,4-9H2,1-3H3,(H,15,16). The molecule has 17 heavy (non-hydrogen) atoms. The van der Waals surface area contributed by atoms with E-state index in [1.807, 2.05) is 0 Å². The average Bonchev–Trinajstić information content (AvgIpc) is 2.78. The number of morpholine rings is 1. The lowest BCUT2D eigenvalue weighted by Gasteiger charge is -2.43. The second kappa shape index (κ2) is 4.25. The molecule has 98 valence electrons. The van der Waals surface area contributed by atoms with Crippen molar-refractivity contribution in [3.63, 3.8) is 0 Å². The van der Waals surface area contributed by atoms with Crippen molar-refractivity contribution in [1.29, 1.82) is 0 Å². The lowest BCUT2D eigenvalue weighted by atomic mass is 9.99. The van der Waals surface area contributed by atoms with Gasteiger partial charge in [0.2, 0.25) is 0 Å². The highest BCUT2D eigenvalue weighted by Gasteiger charge is 2.47. The van der Waals surface area contributed by atoms with Gasteiger partial charge in [-0.05, 0) is 39.0 Å². The van der Waals surface area contributed by atoms with E-state index in [4.69, 9.17) is 9.84 Å². The number of hydrogen-bond acceptors (Lipinski definition) is 3. The second-order valence-electron chi connectivity index (χ2n) is 6.43. The molecule has 0 aromatic carbocycles. The van der Waals surface area contributed by atoms with E-state index in [9.17, 15) is 4.79 Å². The van der Waals surface area contributed by atoms with E-state index in [1.54, 1.807) is 0 Å². The normalized spacial score (nSPS) is 31.1. The highest BCUT2D eigenvalue weighted by atomic mass is 16.5. The smallest absolute Gasteiger partial charge is 0.303 e. The molecule has 0 spiro atoms. The van der Waals surface area contributed by atoms with E-state index >= 15 is 0 Å². The SMILES string of the molecule is CC1CN(CC2(CC(=O)O)CC2)CC(C)(C)O1.